The van der Waals surface area contributed by atoms with Gasteiger partial charge < -0.3 is 9.64 Å². The molecule has 0 aromatic carbocycles. The molecule has 2 fully saturated rings. The van der Waals surface area contributed by atoms with Crippen LogP contribution in [-0.4, -0.2) is 29.6 Å². The van der Waals surface area contributed by atoms with Crippen LogP contribution in [0.3, 0.4) is 0 Å². The quantitative estimate of drug-likeness (QED) is 0.556. The first-order valence-electron chi connectivity index (χ1n) is 6.75. The molecule has 2 rings (SSSR count). The van der Waals surface area contributed by atoms with Crippen molar-refractivity contribution in [3.05, 3.63) is 0 Å². The Balaban J connectivity index is 1.92. The highest BCUT2D eigenvalue weighted by atomic mass is 16.6. The van der Waals surface area contributed by atoms with Crippen LogP contribution in [0, 0.1) is 29.2 Å². The topological polar surface area (TPSA) is 53.3 Å². The average molecular weight is 250 g/mol. The number of carbonyl (C=O) groups is 1. The maximum absolute atomic E-state index is 11.9. The molecular weight excluding hydrogens is 228 g/mol. The summed E-state index contributed by atoms with van der Waals surface area (Å²) in [4.78, 5) is 13.7. The summed E-state index contributed by atoms with van der Waals surface area (Å²) in [5.74, 6) is 1.33. The molecule has 100 valence electrons. The fraction of sp³-hybridized carbons (Fsp3) is 0.857. The zero-order valence-electron chi connectivity index (χ0n) is 11.5. The summed E-state index contributed by atoms with van der Waals surface area (Å²) in [7, 11) is 0. The Labute approximate surface area is 109 Å². The number of carbonyl (C=O) groups excluding carboxylic acids is 1. The lowest BCUT2D eigenvalue weighted by Gasteiger charge is -2.35. The van der Waals surface area contributed by atoms with Crippen molar-refractivity contribution in [1.82, 2.24) is 4.90 Å². The second-order valence-electron chi connectivity index (χ2n) is 6.56. The van der Waals surface area contributed by atoms with Crippen molar-refractivity contribution in [2.75, 3.05) is 13.1 Å². The van der Waals surface area contributed by atoms with E-state index in [4.69, 9.17) is 10.00 Å². The van der Waals surface area contributed by atoms with Gasteiger partial charge in [-0.25, -0.2) is 0 Å². The Hall–Kier alpha value is -1.24. The first-order valence-corrected chi connectivity index (χ1v) is 6.75. The van der Waals surface area contributed by atoms with Crippen LogP contribution in [-0.2, 0) is 9.53 Å². The summed E-state index contributed by atoms with van der Waals surface area (Å²) in [6.07, 6.45) is 5.05. The summed E-state index contributed by atoms with van der Waals surface area (Å²) in [5, 5.41) is 8.96. The number of hydrogen-bond donors (Lipinski definition) is 0. The van der Waals surface area contributed by atoms with Gasteiger partial charge in [0, 0.05) is 19.5 Å². The molecule has 4 heteroatoms. The van der Waals surface area contributed by atoms with Crippen molar-refractivity contribution in [2.45, 2.75) is 45.6 Å². The number of ether oxygens (including phenoxy) is 1. The molecule has 0 amide bonds. The number of nitrogens with zero attached hydrogens (tertiary/aromatic N) is 2. The Bertz CT molecular complexity index is 353. The molecule has 3 atom stereocenters. The lowest BCUT2D eigenvalue weighted by atomic mass is 9.83. The number of fused-ring (bicyclic) bond motifs is 2. The lowest BCUT2D eigenvalue weighted by molar-refractivity contribution is -0.157. The molecule has 1 unspecified atom stereocenters. The molecule has 1 saturated carbocycles. The van der Waals surface area contributed by atoms with Gasteiger partial charge in [0.25, 0.3) is 0 Å². The SMILES string of the molecule is CC(C)(C)OC(=O)CC1[C@@H]2CC[C@H]1CN(C#N)C2. The average Bonchev–Trinajstić information content (AvgIpc) is 2.49. The highest BCUT2D eigenvalue weighted by Gasteiger charge is 2.43. The number of rotatable bonds is 2. The summed E-state index contributed by atoms with van der Waals surface area (Å²) in [6, 6.07) is 0. The molecule has 0 N–H and O–H groups in total. The van der Waals surface area contributed by atoms with Gasteiger partial charge in [0.1, 0.15) is 5.60 Å². The maximum atomic E-state index is 11.9. The van der Waals surface area contributed by atoms with Gasteiger partial charge in [0.15, 0.2) is 6.19 Å². The fourth-order valence-corrected chi connectivity index (χ4v) is 3.33. The van der Waals surface area contributed by atoms with Gasteiger partial charge in [-0.05, 0) is 51.4 Å². The van der Waals surface area contributed by atoms with E-state index in [2.05, 4.69) is 6.19 Å². The van der Waals surface area contributed by atoms with Gasteiger partial charge in [-0.15, -0.1) is 0 Å². The molecule has 1 aliphatic carbocycles. The minimum atomic E-state index is -0.399. The largest absolute Gasteiger partial charge is 0.460 e. The molecule has 1 heterocycles. The van der Waals surface area contributed by atoms with Gasteiger partial charge >= 0.3 is 5.97 Å². The summed E-state index contributed by atoms with van der Waals surface area (Å²) < 4.78 is 5.40. The smallest absolute Gasteiger partial charge is 0.306 e. The van der Waals surface area contributed by atoms with E-state index in [0.29, 0.717) is 24.2 Å². The van der Waals surface area contributed by atoms with E-state index in [9.17, 15) is 4.79 Å². The lowest BCUT2D eigenvalue weighted by Crippen LogP contribution is -2.40. The monoisotopic (exact) mass is 250 g/mol. The minimum absolute atomic E-state index is 0.0881. The van der Waals surface area contributed by atoms with E-state index in [0.717, 1.165) is 25.9 Å². The standard InChI is InChI=1S/C14H22N2O2/c1-14(2,3)18-13(17)6-12-10-4-5-11(12)8-16(7-10)9-15/h10-12H,4-8H2,1-3H3/t10-,11+,12?. The first-order chi connectivity index (χ1) is 8.39. The highest BCUT2D eigenvalue weighted by molar-refractivity contribution is 5.70. The van der Waals surface area contributed by atoms with Gasteiger partial charge in [0.2, 0.25) is 0 Å². The third-order valence-electron chi connectivity index (χ3n) is 3.99. The molecule has 2 aliphatic rings. The van der Waals surface area contributed by atoms with Crippen molar-refractivity contribution < 1.29 is 9.53 Å². The van der Waals surface area contributed by atoms with E-state index in [1.54, 1.807) is 0 Å². The molecule has 0 aromatic rings. The van der Waals surface area contributed by atoms with Crippen molar-refractivity contribution in [3.63, 3.8) is 0 Å². The molecule has 0 aromatic heterocycles. The van der Waals surface area contributed by atoms with E-state index < -0.39 is 5.60 Å². The van der Waals surface area contributed by atoms with Crippen LogP contribution in [0.2, 0.25) is 0 Å². The van der Waals surface area contributed by atoms with Crippen molar-refractivity contribution in [3.8, 4) is 6.19 Å². The Morgan fingerprint density at radius 3 is 2.33 bits per heavy atom. The zero-order valence-corrected chi connectivity index (χ0v) is 11.5. The van der Waals surface area contributed by atoms with Crippen LogP contribution in [0.4, 0.5) is 0 Å². The van der Waals surface area contributed by atoms with Crippen molar-refractivity contribution in [1.29, 1.82) is 5.26 Å². The van der Waals surface area contributed by atoms with Crippen LogP contribution < -0.4 is 0 Å². The van der Waals surface area contributed by atoms with E-state index >= 15 is 0 Å². The second-order valence-corrected chi connectivity index (χ2v) is 6.56. The molecule has 1 aliphatic heterocycles. The number of nitriles is 1. The van der Waals surface area contributed by atoms with Gasteiger partial charge in [-0.2, -0.15) is 5.26 Å². The molecule has 0 radical (unpaired) electrons. The number of esters is 1. The van der Waals surface area contributed by atoms with E-state index in [-0.39, 0.29) is 5.97 Å². The zero-order chi connectivity index (χ0) is 13.3. The fourth-order valence-electron chi connectivity index (χ4n) is 3.33. The third kappa shape index (κ3) is 2.95. The summed E-state index contributed by atoms with van der Waals surface area (Å²) >= 11 is 0. The maximum Gasteiger partial charge on any atom is 0.306 e. The third-order valence-corrected chi connectivity index (χ3v) is 3.99. The minimum Gasteiger partial charge on any atom is -0.460 e. The Morgan fingerprint density at radius 2 is 1.89 bits per heavy atom. The van der Waals surface area contributed by atoms with Crippen LogP contribution in [0.25, 0.3) is 0 Å². The number of likely N-dealkylation sites (tertiary alicyclic amines) is 1. The molecular formula is C14H22N2O2. The first kappa shape index (κ1) is 13.2. The predicted molar refractivity (Wildman–Crippen MR) is 67.4 cm³/mol. The molecule has 4 nitrogen and oxygen atoms in total. The summed E-state index contributed by atoms with van der Waals surface area (Å²) in [5.41, 5.74) is -0.399. The van der Waals surface area contributed by atoms with Crippen LogP contribution in [0.15, 0.2) is 0 Å². The normalized spacial score (nSPS) is 31.0. The van der Waals surface area contributed by atoms with Crippen molar-refractivity contribution in [2.24, 2.45) is 17.8 Å². The van der Waals surface area contributed by atoms with Gasteiger partial charge in [-0.1, -0.05) is 0 Å². The number of piperidine rings is 1. The second kappa shape index (κ2) is 4.79. The Kier molecular flexibility index (Phi) is 3.52. The highest BCUT2D eigenvalue weighted by Crippen LogP contribution is 2.43. The molecule has 18 heavy (non-hydrogen) atoms. The number of hydrogen-bond acceptors (Lipinski definition) is 4. The van der Waals surface area contributed by atoms with Crippen molar-refractivity contribution >= 4 is 5.97 Å². The van der Waals surface area contributed by atoms with E-state index in [1.807, 2.05) is 25.7 Å². The van der Waals surface area contributed by atoms with E-state index in [1.165, 1.54) is 0 Å². The summed E-state index contributed by atoms with van der Waals surface area (Å²) in [6.45, 7) is 7.34. The van der Waals surface area contributed by atoms with Crippen LogP contribution in [0.1, 0.15) is 40.0 Å². The Morgan fingerprint density at radius 1 is 1.33 bits per heavy atom. The molecule has 0 spiro atoms. The van der Waals surface area contributed by atoms with Gasteiger partial charge in [-0.3, -0.25) is 4.79 Å². The molecule has 2 bridgehead atoms. The van der Waals surface area contributed by atoms with Gasteiger partial charge in [0.05, 0.1) is 0 Å². The predicted octanol–water partition coefficient (Wildman–Crippen LogP) is 2.16. The van der Waals surface area contributed by atoms with Crippen LogP contribution in [0.5, 0.6) is 0 Å². The van der Waals surface area contributed by atoms with Crippen LogP contribution >= 0.6 is 0 Å². The molecule has 1 saturated heterocycles.